The van der Waals surface area contributed by atoms with Gasteiger partial charge in [0, 0.05) is 0 Å². The highest BCUT2D eigenvalue weighted by atomic mass is 16.3. The van der Waals surface area contributed by atoms with E-state index in [4.69, 9.17) is 5.73 Å². The maximum Gasteiger partial charge on any atom is 0.251 e. The van der Waals surface area contributed by atoms with Crippen LogP contribution in [0.1, 0.15) is 19.8 Å². The van der Waals surface area contributed by atoms with E-state index in [2.05, 4.69) is 5.32 Å². The molecule has 2 saturated heterocycles. The lowest BCUT2D eigenvalue weighted by molar-refractivity contribution is -0.163. The minimum atomic E-state index is -1.01. The number of aliphatic hydroxyl groups is 1. The van der Waals surface area contributed by atoms with Gasteiger partial charge in [0.2, 0.25) is 5.91 Å². The largest absolute Gasteiger partial charge is 0.391 e. The molecule has 0 aromatic carbocycles. The van der Waals surface area contributed by atoms with Crippen LogP contribution in [0.25, 0.3) is 0 Å². The smallest absolute Gasteiger partial charge is 0.251 e. The molecule has 4 N–H and O–H groups in total. The van der Waals surface area contributed by atoms with Crippen LogP contribution >= 0.6 is 0 Å². The number of amides is 2. The lowest BCUT2D eigenvalue weighted by Crippen LogP contribution is -2.74. The molecule has 2 heterocycles. The number of β-lactam (4-membered cyclic amide) rings is 1. The highest BCUT2D eigenvalue weighted by molar-refractivity contribution is 6.07. The fraction of sp³-hybridized carbons (Fsp3) is 0.800. The molecule has 2 unspecified atom stereocenters. The van der Waals surface area contributed by atoms with E-state index < -0.39 is 23.6 Å². The van der Waals surface area contributed by atoms with Crippen LogP contribution in [-0.4, -0.2) is 52.6 Å². The summed E-state index contributed by atoms with van der Waals surface area (Å²) in [5.74, 6) is -0.689. The van der Waals surface area contributed by atoms with Gasteiger partial charge in [-0.15, -0.1) is 0 Å². The summed E-state index contributed by atoms with van der Waals surface area (Å²) in [6.45, 7) is 2.64. The Morgan fingerprint density at radius 2 is 2.38 bits per heavy atom. The molecule has 0 radical (unpaired) electrons. The Morgan fingerprint density at radius 1 is 1.69 bits per heavy atom. The average Bonchev–Trinajstić information content (AvgIpc) is 2.74. The second-order valence-corrected chi connectivity index (χ2v) is 4.61. The average molecular weight is 227 g/mol. The van der Waals surface area contributed by atoms with Crippen molar-refractivity contribution in [3.63, 3.8) is 0 Å². The first-order chi connectivity index (χ1) is 7.48. The molecule has 2 fully saturated rings. The summed E-state index contributed by atoms with van der Waals surface area (Å²) in [5, 5.41) is 12.3. The van der Waals surface area contributed by atoms with Gasteiger partial charge in [-0.2, -0.15) is 0 Å². The SMILES string of the molecule is CC(O)C(N)C(=O)N1C[C@@]2(CCCN2)C1=O. The van der Waals surface area contributed by atoms with Crippen LogP contribution in [-0.2, 0) is 9.59 Å². The highest BCUT2D eigenvalue weighted by Gasteiger charge is 2.56. The zero-order chi connectivity index (χ0) is 11.9. The monoisotopic (exact) mass is 227 g/mol. The van der Waals surface area contributed by atoms with Crippen LogP contribution in [0.4, 0.5) is 0 Å². The molecule has 2 rings (SSSR count). The van der Waals surface area contributed by atoms with Crippen molar-refractivity contribution in [3.05, 3.63) is 0 Å². The van der Waals surface area contributed by atoms with E-state index in [0.717, 1.165) is 24.3 Å². The second-order valence-electron chi connectivity index (χ2n) is 4.61. The number of nitrogens with one attached hydrogen (secondary N) is 1. The number of likely N-dealkylation sites (tertiary alicyclic amines) is 1. The summed E-state index contributed by atoms with van der Waals surface area (Å²) in [5.41, 5.74) is 4.99. The number of nitrogens with zero attached hydrogens (tertiary/aromatic N) is 1. The Balaban J connectivity index is 2.00. The third-order valence-corrected chi connectivity index (χ3v) is 3.40. The van der Waals surface area contributed by atoms with E-state index in [1.807, 2.05) is 0 Å². The molecule has 0 aromatic heterocycles. The number of hydrogen-bond acceptors (Lipinski definition) is 5. The van der Waals surface area contributed by atoms with Crippen molar-refractivity contribution < 1.29 is 14.7 Å². The minimum absolute atomic E-state index is 0.203. The van der Waals surface area contributed by atoms with Gasteiger partial charge in [-0.1, -0.05) is 0 Å². The van der Waals surface area contributed by atoms with Gasteiger partial charge in [-0.25, -0.2) is 0 Å². The van der Waals surface area contributed by atoms with Crippen molar-refractivity contribution >= 4 is 11.8 Å². The van der Waals surface area contributed by atoms with Gasteiger partial charge in [0.1, 0.15) is 11.6 Å². The topological polar surface area (TPSA) is 95.7 Å². The molecule has 2 amide bonds. The zero-order valence-electron chi connectivity index (χ0n) is 9.27. The Hall–Kier alpha value is -0.980. The number of aliphatic hydroxyl groups excluding tert-OH is 1. The number of imide groups is 1. The number of hydrogen-bond donors (Lipinski definition) is 3. The van der Waals surface area contributed by atoms with Crippen LogP contribution in [0.2, 0.25) is 0 Å². The van der Waals surface area contributed by atoms with E-state index in [1.54, 1.807) is 0 Å². The Kier molecular flexibility index (Phi) is 2.73. The van der Waals surface area contributed by atoms with Crippen LogP contribution in [0.15, 0.2) is 0 Å². The lowest BCUT2D eigenvalue weighted by atomic mass is 9.86. The van der Waals surface area contributed by atoms with Crippen LogP contribution in [0.5, 0.6) is 0 Å². The van der Waals surface area contributed by atoms with E-state index in [1.165, 1.54) is 6.92 Å². The maximum atomic E-state index is 11.9. The zero-order valence-corrected chi connectivity index (χ0v) is 9.27. The summed E-state index contributed by atoms with van der Waals surface area (Å²) >= 11 is 0. The van der Waals surface area contributed by atoms with Crippen molar-refractivity contribution in [1.29, 1.82) is 0 Å². The third kappa shape index (κ3) is 1.53. The van der Waals surface area contributed by atoms with Crippen molar-refractivity contribution in [2.45, 2.75) is 37.5 Å². The van der Waals surface area contributed by atoms with Gasteiger partial charge in [-0.05, 0) is 26.3 Å². The number of nitrogens with two attached hydrogens (primary N) is 1. The van der Waals surface area contributed by atoms with Crippen LogP contribution < -0.4 is 11.1 Å². The number of carbonyl (C=O) groups excluding carboxylic acids is 2. The molecule has 2 aliphatic heterocycles. The first kappa shape index (κ1) is 11.5. The summed E-state index contributed by atoms with van der Waals surface area (Å²) in [4.78, 5) is 24.7. The molecule has 6 nitrogen and oxygen atoms in total. The van der Waals surface area contributed by atoms with Crippen molar-refractivity contribution in [2.24, 2.45) is 5.73 Å². The number of carbonyl (C=O) groups is 2. The molecule has 3 atom stereocenters. The predicted molar refractivity (Wildman–Crippen MR) is 56.3 cm³/mol. The van der Waals surface area contributed by atoms with E-state index >= 15 is 0 Å². The minimum Gasteiger partial charge on any atom is -0.391 e. The fourth-order valence-electron chi connectivity index (χ4n) is 2.26. The molecule has 16 heavy (non-hydrogen) atoms. The van der Waals surface area contributed by atoms with Gasteiger partial charge in [-0.3, -0.25) is 14.5 Å². The molecule has 2 aliphatic rings. The van der Waals surface area contributed by atoms with Crippen molar-refractivity contribution in [1.82, 2.24) is 10.2 Å². The third-order valence-electron chi connectivity index (χ3n) is 3.40. The van der Waals surface area contributed by atoms with Gasteiger partial charge >= 0.3 is 0 Å². The predicted octanol–water partition coefficient (Wildman–Crippen LogP) is -1.81. The van der Waals surface area contributed by atoms with E-state index in [0.29, 0.717) is 6.54 Å². The maximum absolute atomic E-state index is 11.9. The summed E-state index contributed by atoms with van der Waals surface area (Å²) in [6, 6.07) is -1.01. The van der Waals surface area contributed by atoms with Crippen molar-refractivity contribution in [3.8, 4) is 0 Å². The summed E-state index contributed by atoms with van der Waals surface area (Å²) in [7, 11) is 0. The van der Waals surface area contributed by atoms with Gasteiger partial charge in [0.15, 0.2) is 0 Å². The molecule has 90 valence electrons. The second kappa shape index (κ2) is 3.80. The highest BCUT2D eigenvalue weighted by Crippen LogP contribution is 2.31. The van der Waals surface area contributed by atoms with Gasteiger partial charge in [0.25, 0.3) is 5.91 Å². The first-order valence-electron chi connectivity index (χ1n) is 5.52. The fourth-order valence-corrected chi connectivity index (χ4v) is 2.26. The Morgan fingerprint density at radius 3 is 2.81 bits per heavy atom. The van der Waals surface area contributed by atoms with Gasteiger partial charge < -0.3 is 16.2 Å². The van der Waals surface area contributed by atoms with Gasteiger partial charge in [0.05, 0.1) is 12.6 Å². The number of rotatable bonds is 2. The molecule has 1 spiro atoms. The summed E-state index contributed by atoms with van der Waals surface area (Å²) in [6.07, 6.45) is 0.795. The normalized spacial score (nSPS) is 32.7. The lowest BCUT2D eigenvalue weighted by Gasteiger charge is -2.46. The molecule has 0 bridgehead atoms. The molecule has 0 aromatic rings. The molecule has 6 heteroatoms. The van der Waals surface area contributed by atoms with Crippen LogP contribution in [0.3, 0.4) is 0 Å². The van der Waals surface area contributed by atoms with Crippen LogP contribution in [0, 0.1) is 0 Å². The molecule has 0 aliphatic carbocycles. The standard InChI is InChI=1S/C10H17N3O3/c1-6(14)7(11)8(15)13-5-10(9(13)16)3-2-4-12-10/h6-7,12,14H,2-5,11H2,1H3/t6?,7?,10-/m0/s1. The van der Waals surface area contributed by atoms with Crippen molar-refractivity contribution in [2.75, 3.05) is 13.1 Å². The molecular formula is C10H17N3O3. The first-order valence-corrected chi connectivity index (χ1v) is 5.52. The Labute approximate surface area is 93.8 Å². The van der Waals surface area contributed by atoms with E-state index in [-0.39, 0.29) is 5.91 Å². The van der Waals surface area contributed by atoms with E-state index in [9.17, 15) is 14.7 Å². The quantitative estimate of drug-likeness (QED) is 0.483. The summed E-state index contributed by atoms with van der Waals surface area (Å²) < 4.78 is 0. The molecular weight excluding hydrogens is 210 g/mol. The molecule has 0 saturated carbocycles. The Bertz CT molecular complexity index is 315.